The summed E-state index contributed by atoms with van der Waals surface area (Å²) in [7, 11) is 0. The van der Waals surface area contributed by atoms with E-state index >= 15 is 0 Å². The molecule has 0 spiro atoms. The van der Waals surface area contributed by atoms with Crippen LogP contribution in [0.15, 0.2) is 17.2 Å². The molecule has 1 aromatic heterocycles. The van der Waals surface area contributed by atoms with Crippen LogP contribution in [-0.2, 0) is 12.8 Å². The van der Waals surface area contributed by atoms with Crippen molar-refractivity contribution in [1.29, 1.82) is 0 Å². The Morgan fingerprint density at radius 3 is 2.42 bits per heavy atom. The van der Waals surface area contributed by atoms with Crippen molar-refractivity contribution in [2.45, 2.75) is 78.1 Å². The highest BCUT2D eigenvalue weighted by molar-refractivity contribution is 5.85. The monoisotopic (exact) mass is 260 g/mol. The summed E-state index contributed by atoms with van der Waals surface area (Å²) in [6, 6.07) is 4.55. The average Bonchev–Trinajstić information content (AvgIpc) is 2.82. The van der Waals surface area contributed by atoms with E-state index in [9.17, 15) is 0 Å². The minimum atomic E-state index is 1.17. The van der Waals surface area contributed by atoms with Crippen molar-refractivity contribution in [2.75, 3.05) is 0 Å². The third-order valence-electron chi connectivity index (χ3n) is 4.03. The second-order valence-corrected chi connectivity index (χ2v) is 5.71. The summed E-state index contributed by atoms with van der Waals surface area (Å²) in [6.45, 7) is 4.52. The first-order chi connectivity index (χ1) is 9.35. The molecule has 0 aliphatic carbocycles. The zero-order valence-electron chi connectivity index (χ0n) is 12.6. The third kappa shape index (κ3) is 3.95. The molecule has 0 unspecified atom stereocenters. The molecule has 19 heavy (non-hydrogen) atoms. The first-order valence-electron chi connectivity index (χ1n) is 8.11. The van der Waals surface area contributed by atoms with E-state index < -0.39 is 0 Å². The Morgan fingerprint density at radius 1 is 0.947 bits per heavy atom. The Kier molecular flexibility index (Phi) is 5.68. The van der Waals surface area contributed by atoms with Crippen LogP contribution in [0.3, 0.4) is 0 Å². The van der Waals surface area contributed by atoms with E-state index in [4.69, 9.17) is 5.10 Å². The second kappa shape index (κ2) is 7.52. The summed E-state index contributed by atoms with van der Waals surface area (Å²) < 4.78 is 2.24. The fraction of sp³-hybridized carbons (Fsp3) is 0.706. The molecule has 0 radical (unpaired) electrons. The fourth-order valence-corrected chi connectivity index (χ4v) is 2.80. The van der Waals surface area contributed by atoms with Gasteiger partial charge < -0.3 is 0 Å². The van der Waals surface area contributed by atoms with E-state index in [1.165, 1.54) is 81.3 Å². The number of aryl methyl sites for hydroxylation is 2. The van der Waals surface area contributed by atoms with Crippen LogP contribution in [0.1, 0.15) is 76.6 Å². The van der Waals surface area contributed by atoms with Gasteiger partial charge in [0.25, 0.3) is 0 Å². The fourth-order valence-electron chi connectivity index (χ4n) is 2.80. The molecule has 2 heterocycles. The number of aromatic nitrogens is 1. The molecule has 1 aromatic rings. The maximum absolute atomic E-state index is 4.89. The van der Waals surface area contributed by atoms with Gasteiger partial charge in [0.1, 0.15) is 0 Å². The molecule has 0 saturated heterocycles. The number of fused-ring (bicyclic) bond motifs is 1. The van der Waals surface area contributed by atoms with Crippen molar-refractivity contribution < 1.29 is 0 Å². The Labute approximate surface area is 117 Å². The van der Waals surface area contributed by atoms with Crippen molar-refractivity contribution in [2.24, 2.45) is 5.10 Å². The normalized spacial score (nSPS) is 14.3. The van der Waals surface area contributed by atoms with E-state index in [1.54, 1.807) is 0 Å². The first kappa shape index (κ1) is 14.4. The largest absolute Gasteiger partial charge is 0.242 e. The molecule has 0 N–H and O–H groups in total. The van der Waals surface area contributed by atoms with Crippen molar-refractivity contribution >= 4 is 5.71 Å². The van der Waals surface area contributed by atoms with Gasteiger partial charge in [0.2, 0.25) is 0 Å². The number of hydrogen-bond donors (Lipinski definition) is 0. The van der Waals surface area contributed by atoms with Gasteiger partial charge in [-0.3, -0.25) is 0 Å². The van der Waals surface area contributed by atoms with Gasteiger partial charge in [-0.2, -0.15) is 5.10 Å². The Morgan fingerprint density at radius 2 is 1.68 bits per heavy atom. The van der Waals surface area contributed by atoms with Crippen LogP contribution < -0.4 is 0 Å². The summed E-state index contributed by atoms with van der Waals surface area (Å²) in [5, 5.41) is 4.89. The van der Waals surface area contributed by atoms with Crippen LogP contribution in [-0.4, -0.2) is 10.4 Å². The van der Waals surface area contributed by atoms with Crippen LogP contribution in [0.2, 0.25) is 0 Å². The molecule has 0 fully saturated rings. The summed E-state index contributed by atoms with van der Waals surface area (Å²) in [5.41, 5.74) is 4.23. The van der Waals surface area contributed by atoms with Gasteiger partial charge in [-0.15, -0.1) is 0 Å². The van der Waals surface area contributed by atoms with E-state index in [2.05, 4.69) is 30.7 Å². The standard InChI is InChI=1S/C17H28N2/c1-3-5-7-9-15-11-12-17-14-13-16(19(17)18-15)10-8-6-4-2/h13-14H,3-12H2,1-2H3. The lowest BCUT2D eigenvalue weighted by atomic mass is 10.1. The molecular formula is C17H28N2. The molecule has 0 amide bonds. The zero-order chi connectivity index (χ0) is 13.5. The van der Waals surface area contributed by atoms with Gasteiger partial charge >= 0.3 is 0 Å². The highest BCUT2D eigenvalue weighted by Gasteiger charge is 2.14. The lowest BCUT2D eigenvalue weighted by Crippen LogP contribution is -2.14. The highest BCUT2D eigenvalue weighted by Crippen LogP contribution is 2.20. The van der Waals surface area contributed by atoms with Crippen molar-refractivity contribution in [3.8, 4) is 0 Å². The Balaban J connectivity index is 1.98. The quantitative estimate of drug-likeness (QED) is 0.588. The van der Waals surface area contributed by atoms with Gasteiger partial charge in [0.15, 0.2) is 0 Å². The average molecular weight is 260 g/mol. The minimum absolute atomic E-state index is 1.17. The van der Waals surface area contributed by atoms with Crippen LogP contribution in [0.25, 0.3) is 0 Å². The van der Waals surface area contributed by atoms with E-state index in [1.807, 2.05) is 0 Å². The minimum Gasteiger partial charge on any atom is -0.242 e. The Hall–Kier alpha value is -1.05. The molecule has 2 rings (SSSR count). The third-order valence-corrected chi connectivity index (χ3v) is 4.03. The summed E-state index contributed by atoms with van der Waals surface area (Å²) in [5.74, 6) is 0. The molecule has 2 heteroatoms. The van der Waals surface area contributed by atoms with E-state index in [0.29, 0.717) is 0 Å². The van der Waals surface area contributed by atoms with Gasteiger partial charge in [0, 0.05) is 17.1 Å². The van der Waals surface area contributed by atoms with Gasteiger partial charge in [-0.25, -0.2) is 4.68 Å². The lowest BCUT2D eigenvalue weighted by Gasteiger charge is -2.16. The molecule has 0 aromatic carbocycles. The molecular weight excluding hydrogens is 232 g/mol. The SMILES string of the molecule is CCCCCC1=Nn2c(CCCCC)ccc2CC1. The summed E-state index contributed by atoms with van der Waals surface area (Å²) in [4.78, 5) is 0. The second-order valence-electron chi connectivity index (χ2n) is 5.71. The number of hydrogen-bond acceptors (Lipinski definition) is 1. The molecule has 0 saturated carbocycles. The Bertz CT molecular complexity index is 415. The van der Waals surface area contributed by atoms with Crippen molar-refractivity contribution in [1.82, 2.24) is 4.68 Å². The van der Waals surface area contributed by atoms with Crippen LogP contribution >= 0.6 is 0 Å². The predicted octanol–water partition coefficient (Wildman–Crippen LogP) is 4.95. The molecule has 1 aliphatic heterocycles. The van der Waals surface area contributed by atoms with Gasteiger partial charge in [-0.1, -0.05) is 39.5 Å². The number of unbranched alkanes of at least 4 members (excludes halogenated alkanes) is 4. The number of rotatable bonds is 8. The van der Waals surface area contributed by atoms with E-state index in [0.717, 1.165) is 0 Å². The first-order valence-corrected chi connectivity index (χ1v) is 8.11. The summed E-state index contributed by atoms with van der Waals surface area (Å²) >= 11 is 0. The predicted molar refractivity (Wildman–Crippen MR) is 83.0 cm³/mol. The molecule has 1 aliphatic rings. The van der Waals surface area contributed by atoms with Crippen molar-refractivity contribution in [3.63, 3.8) is 0 Å². The van der Waals surface area contributed by atoms with Crippen LogP contribution in [0.4, 0.5) is 0 Å². The number of nitrogens with zero attached hydrogens (tertiary/aromatic N) is 2. The lowest BCUT2D eigenvalue weighted by molar-refractivity contribution is 0.648. The summed E-state index contributed by atoms with van der Waals surface area (Å²) in [6.07, 6.45) is 12.6. The topological polar surface area (TPSA) is 17.3 Å². The van der Waals surface area contributed by atoms with Gasteiger partial charge in [0.05, 0.1) is 0 Å². The maximum atomic E-state index is 4.89. The highest BCUT2D eigenvalue weighted by atomic mass is 15.4. The van der Waals surface area contributed by atoms with Crippen molar-refractivity contribution in [3.05, 3.63) is 23.5 Å². The molecule has 0 bridgehead atoms. The van der Waals surface area contributed by atoms with Crippen LogP contribution in [0, 0.1) is 0 Å². The molecule has 2 nitrogen and oxygen atoms in total. The molecule has 106 valence electrons. The van der Waals surface area contributed by atoms with Crippen LogP contribution in [0.5, 0.6) is 0 Å². The zero-order valence-corrected chi connectivity index (χ0v) is 12.6. The van der Waals surface area contributed by atoms with E-state index in [-0.39, 0.29) is 0 Å². The maximum Gasteiger partial charge on any atom is 0.0427 e. The van der Waals surface area contributed by atoms with Gasteiger partial charge in [-0.05, 0) is 50.7 Å². The molecule has 0 atom stereocenters. The smallest absolute Gasteiger partial charge is 0.0427 e.